The van der Waals surface area contributed by atoms with Crippen molar-refractivity contribution in [1.29, 1.82) is 0 Å². The summed E-state index contributed by atoms with van der Waals surface area (Å²) in [4.78, 5) is 16.9. The molecule has 3 aromatic rings. The van der Waals surface area contributed by atoms with E-state index in [2.05, 4.69) is 25.3 Å². The molecule has 104 valence electrons. The first-order valence-electron chi connectivity index (χ1n) is 6.40. The van der Waals surface area contributed by atoms with E-state index in [9.17, 15) is 0 Å². The van der Waals surface area contributed by atoms with Crippen LogP contribution in [-0.4, -0.2) is 19.9 Å². The quantitative estimate of drug-likeness (QED) is 0.749. The molecule has 0 spiro atoms. The SMILES string of the molecule is Clc1cc(NCc2ccccn2)nc(-c2ccncc2)n1. The molecule has 3 heterocycles. The van der Waals surface area contributed by atoms with Crippen LogP contribution in [0.4, 0.5) is 5.82 Å². The predicted molar refractivity (Wildman–Crippen MR) is 81.8 cm³/mol. The van der Waals surface area contributed by atoms with Gasteiger partial charge in [-0.05, 0) is 24.3 Å². The van der Waals surface area contributed by atoms with Gasteiger partial charge in [-0.3, -0.25) is 9.97 Å². The van der Waals surface area contributed by atoms with Crippen molar-refractivity contribution in [2.45, 2.75) is 6.54 Å². The zero-order valence-corrected chi connectivity index (χ0v) is 11.8. The smallest absolute Gasteiger partial charge is 0.163 e. The highest BCUT2D eigenvalue weighted by atomic mass is 35.5. The summed E-state index contributed by atoms with van der Waals surface area (Å²) in [6, 6.07) is 11.1. The summed E-state index contributed by atoms with van der Waals surface area (Å²) >= 11 is 6.06. The summed E-state index contributed by atoms with van der Waals surface area (Å²) in [5.41, 5.74) is 1.80. The Bertz CT molecular complexity index is 719. The maximum Gasteiger partial charge on any atom is 0.163 e. The zero-order valence-electron chi connectivity index (χ0n) is 11.1. The highest BCUT2D eigenvalue weighted by Crippen LogP contribution is 2.19. The molecule has 0 saturated heterocycles. The van der Waals surface area contributed by atoms with E-state index < -0.39 is 0 Å². The number of nitrogens with zero attached hydrogens (tertiary/aromatic N) is 4. The maximum atomic E-state index is 6.06. The lowest BCUT2D eigenvalue weighted by Crippen LogP contribution is -2.04. The van der Waals surface area contributed by atoms with Crippen LogP contribution in [0, 0.1) is 0 Å². The molecule has 5 nitrogen and oxygen atoms in total. The van der Waals surface area contributed by atoms with E-state index in [1.54, 1.807) is 24.7 Å². The predicted octanol–water partition coefficient (Wildman–Crippen LogP) is 3.20. The number of rotatable bonds is 4. The Morgan fingerprint density at radius 1 is 1.00 bits per heavy atom. The van der Waals surface area contributed by atoms with Crippen molar-refractivity contribution in [3.8, 4) is 11.4 Å². The molecule has 0 radical (unpaired) electrons. The Kier molecular flexibility index (Phi) is 4.02. The van der Waals surface area contributed by atoms with E-state index in [1.165, 1.54) is 0 Å². The second-order valence-corrected chi connectivity index (χ2v) is 4.70. The van der Waals surface area contributed by atoms with Gasteiger partial charge in [0.15, 0.2) is 5.82 Å². The summed E-state index contributed by atoms with van der Waals surface area (Å²) in [6.07, 6.45) is 5.15. The largest absolute Gasteiger partial charge is 0.364 e. The fourth-order valence-corrected chi connectivity index (χ4v) is 2.01. The fraction of sp³-hybridized carbons (Fsp3) is 0.0667. The van der Waals surface area contributed by atoms with Crippen molar-refractivity contribution in [2.75, 3.05) is 5.32 Å². The van der Waals surface area contributed by atoms with Crippen molar-refractivity contribution in [1.82, 2.24) is 19.9 Å². The Morgan fingerprint density at radius 3 is 2.62 bits per heavy atom. The summed E-state index contributed by atoms with van der Waals surface area (Å²) in [7, 11) is 0. The standard InChI is InChI=1S/C15H12ClN5/c16-13-9-14(19-10-12-3-1-2-6-18-12)21-15(20-13)11-4-7-17-8-5-11/h1-9H,10H2,(H,19,20,21). The monoisotopic (exact) mass is 297 g/mol. The van der Waals surface area contributed by atoms with E-state index in [0.717, 1.165) is 11.3 Å². The molecule has 0 saturated carbocycles. The third-order valence-electron chi connectivity index (χ3n) is 2.81. The number of hydrogen-bond acceptors (Lipinski definition) is 5. The summed E-state index contributed by atoms with van der Waals surface area (Å²) in [5, 5.41) is 3.59. The second-order valence-electron chi connectivity index (χ2n) is 4.31. The van der Waals surface area contributed by atoms with E-state index in [-0.39, 0.29) is 0 Å². The molecular weight excluding hydrogens is 286 g/mol. The van der Waals surface area contributed by atoms with Crippen molar-refractivity contribution in [3.05, 3.63) is 65.8 Å². The second kappa shape index (κ2) is 6.28. The molecule has 0 atom stereocenters. The molecule has 0 fully saturated rings. The van der Waals surface area contributed by atoms with Gasteiger partial charge in [-0.1, -0.05) is 17.7 Å². The lowest BCUT2D eigenvalue weighted by molar-refractivity contribution is 1.02. The third-order valence-corrected chi connectivity index (χ3v) is 3.00. The zero-order chi connectivity index (χ0) is 14.5. The van der Waals surface area contributed by atoms with Gasteiger partial charge in [0.25, 0.3) is 0 Å². The Hall–Kier alpha value is -2.53. The van der Waals surface area contributed by atoms with E-state index in [0.29, 0.717) is 23.3 Å². The van der Waals surface area contributed by atoms with Gasteiger partial charge in [0, 0.05) is 30.2 Å². The minimum absolute atomic E-state index is 0.389. The van der Waals surface area contributed by atoms with Gasteiger partial charge in [0.1, 0.15) is 11.0 Å². The van der Waals surface area contributed by atoms with Gasteiger partial charge >= 0.3 is 0 Å². The lowest BCUT2D eigenvalue weighted by atomic mass is 10.2. The Labute approximate surface area is 127 Å². The van der Waals surface area contributed by atoms with Crippen molar-refractivity contribution >= 4 is 17.4 Å². The maximum absolute atomic E-state index is 6.06. The number of pyridine rings is 2. The number of aromatic nitrogens is 4. The number of nitrogens with one attached hydrogen (secondary N) is 1. The van der Waals surface area contributed by atoms with Gasteiger partial charge in [-0.15, -0.1) is 0 Å². The summed E-state index contributed by atoms with van der Waals surface area (Å²) in [6.45, 7) is 0.573. The minimum atomic E-state index is 0.389. The van der Waals surface area contributed by atoms with Gasteiger partial charge in [-0.2, -0.15) is 0 Å². The van der Waals surface area contributed by atoms with E-state index >= 15 is 0 Å². The van der Waals surface area contributed by atoms with Crippen LogP contribution in [-0.2, 0) is 6.54 Å². The molecule has 0 aliphatic heterocycles. The molecule has 0 amide bonds. The normalized spacial score (nSPS) is 10.3. The van der Waals surface area contributed by atoms with Gasteiger partial charge in [-0.25, -0.2) is 9.97 Å². The topological polar surface area (TPSA) is 63.6 Å². The van der Waals surface area contributed by atoms with Crippen LogP contribution in [0.25, 0.3) is 11.4 Å². The van der Waals surface area contributed by atoms with Crippen molar-refractivity contribution in [3.63, 3.8) is 0 Å². The van der Waals surface area contributed by atoms with Crippen LogP contribution in [0.3, 0.4) is 0 Å². The van der Waals surface area contributed by atoms with Crippen LogP contribution >= 0.6 is 11.6 Å². The Morgan fingerprint density at radius 2 is 1.86 bits per heavy atom. The fourth-order valence-electron chi connectivity index (χ4n) is 1.82. The molecule has 0 aliphatic carbocycles. The molecule has 0 aliphatic rings. The highest BCUT2D eigenvalue weighted by molar-refractivity contribution is 6.29. The van der Waals surface area contributed by atoms with Crippen LogP contribution in [0.15, 0.2) is 55.0 Å². The van der Waals surface area contributed by atoms with Crippen molar-refractivity contribution in [2.24, 2.45) is 0 Å². The Balaban J connectivity index is 1.82. The molecule has 21 heavy (non-hydrogen) atoms. The van der Waals surface area contributed by atoms with Crippen LogP contribution < -0.4 is 5.32 Å². The van der Waals surface area contributed by atoms with E-state index in [1.807, 2.05) is 30.3 Å². The molecule has 0 unspecified atom stereocenters. The van der Waals surface area contributed by atoms with Gasteiger partial charge in [0.2, 0.25) is 0 Å². The molecular formula is C15H12ClN5. The molecule has 3 aromatic heterocycles. The first-order chi connectivity index (χ1) is 10.3. The molecule has 0 aromatic carbocycles. The van der Waals surface area contributed by atoms with Gasteiger partial charge < -0.3 is 5.32 Å². The van der Waals surface area contributed by atoms with Crippen LogP contribution in [0.2, 0.25) is 5.15 Å². The first kappa shape index (κ1) is 13.5. The first-order valence-corrected chi connectivity index (χ1v) is 6.78. The average molecular weight is 298 g/mol. The average Bonchev–Trinajstić information content (AvgIpc) is 2.54. The minimum Gasteiger partial charge on any atom is -0.364 e. The van der Waals surface area contributed by atoms with Crippen molar-refractivity contribution < 1.29 is 0 Å². The van der Waals surface area contributed by atoms with Crippen LogP contribution in [0.1, 0.15) is 5.69 Å². The van der Waals surface area contributed by atoms with E-state index in [4.69, 9.17) is 11.6 Å². The number of anilines is 1. The molecule has 0 bridgehead atoms. The number of hydrogen-bond donors (Lipinski definition) is 1. The number of halogens is 1. The summed E-state index contributed by atoms with van der Waals surface area (Å²) in [5.74, 6) is 1.22. The molecule has 1 N–H and O–H groups in total. The molecule has 3 rings (SSSR count). The molecule has 6 heteroatoms. The summed E-state index contributed by atoms with van der Waals surface area (Å²) < 4.78 is 0. The van der Waals surface area contributed by atoms with Gasteiger partial charge in [0.05, 0.1) is 12.2 Å². The highest BCUT2D eigenvalue weighted by Gasteiger charge is 2.06. The third kappa shape index (κ3) is 3.52. The lowest BCUT2D eigenvalue weighted by Gasteiger charge is -2.07. The van der Waals surface area contributed by atoms with Crippen LogP contribution in [0.5, 0.6) is 0 Å².